The van der Waals surface area contributed by atoms with Crippen LogP contribution in [0.1, 0.15) is 84.8 Å². The second kappa shape index (κ2) is 12.2. The predicted molar refractivity (Wildman–Crippen MR) is 157 cm³/mol. The summed E-state index contributed by atoms with van der Waals surface area (Å²) in [4.78, 5) is 52.5. The molecule has 1 aromatic heterocycles. The predicted octanol–water partition coefficient (Wildman–Crippen LogP) is 5.48. The van der Waals surface area contributed by atoms with Gasteiger partial charge in [0.25, 0.3) is 5.56 Å². The van der Waals surface area contributed by atoms with Gasteiger partial charge in [0, 0.05) is 43.0 Å². The summed E-state index contributed by atoms with van der Waals surface area (Å²) < 4.78 is 24.3. The molecule has 3 aromatic rings. The summed E-state index contributed by atoms with van der Waals surface area (Å²) in [6.45, 7) is 1.80. The molecule has 2 aliphatic rings. The number of benzene rings is 2. The van der Waals surface area contributed by atoms with Gasteiger partial charge in [0.15, 0.2) is 0 Å². The minimum absolute atomic E-state index is 0.103. The molecule has 9 heteroatoms. The first-order valence-electron chi connectivity index (χ1n) is 14.2. The van der Waals surface area contributed by atoms with Gasteiger partial charge in [-0.15, -0.1) is 0 Å². The van der Waals surface area contributed by atoms with E-state index in [-0.39, 0.29) is 34.8 Å². The summed E-state index contributed by atoms with van der Waals surface area (Å²) in [6.07, 6.45) is 6.58. The highest BCUT2D eigenvalue weighted by Crippen LogP contribution is 2.47. The number of hydrogen-bond acceptors (Lipinski definition) is 8. The third kappa shape index (κ3) is 5.68. The van der Waals surface area contributed by atoms with Gasteiger partial charge in [-0.3, -0.25) is 14.4 Å². The zero-order chi connectivity index (χ0) is 30.0. The molecule has 3 heterocycles. The number of nitrogens with zero attached hydrogens (tertiary/aromatic N) is 1. The van der Waals surface area contributed by atoms with Gasteiger partial charge >= 0.3 is 11.9 Å². The molecular weight excluding hydrogens is 538 g/mol. The molecule has 0 spiro atoms. The van der Waals surface area contributed by atoms with Gasteiger partial charge in [0.05, 0.1) is 32.3 Å². The van der Waals surface area contributed by atoms with Crippen LogP contribution in [0, 0.1) is 0 Å². The largest absolute Gasteiger partial charge is 0.497 e. The first kappa shape index (κ1) is 29.1. The molecule has 0 radical (unpaired) electrons. The fourth-order valence-electron chi connectivity index (χ4n) is 5.82. The van der Waals surface area contributed by atoms with Crippen LogP contribution in [0.25, 0.3) is 17.0 Å². The lowest BCUT2D eigenvalue weighted by atomic mass is 9.83. The number of aromatic nitrogens is 1. The lowest BCUT2D eigenvalue weighted by molar-refractivity contribution is -0.135. The van der Waals surface area contributed by atoms with Gasteiger partial charge in [-0.1, -0.05) is 12.2 Å². The summed E-state index contributed by atoms with van der Waals surface area (Å²) in [5.74, 6) is -0.544. The number of methoxy groups -OCH3 is 2. The number of esters is 2. The number of cyclic esters (lactones) is 1. The number of Topliss-reactive ketones (excluding diaryl/α,β-unsaturated/α-hetero) is 1. The van der Waals surface area contributed by atoms with E-state index >= 15 is 0 Å². The Balaban J connectivity index is 1.69. The Bertz CT molecular complexity index is 1650. The highest BCUT2D eigenvalue weighted by atomic mass is 16.5. The number of aryl methyl sites for hydroxylation is 1. The Morgan fingerprint density at radius 2 is 1.76 bits per heavy atom. The Labute approximate surface area is 244 Å². The minimum atomic E-state index is -0.722. The minimum Gasteiger partial charge on any atom is -0.497 e. The molecule has 220 valence electrons. The van der Waals surface area contributed by atoms with Crippen molar-refractivity contribution in [2.75, 3.05) is 14.2 Å². The molecule has 0 saturated carbocycles. The highest BCUT2D eigenvalue weighted by Gasteiger charge is 2.37. The zero-order valence-electron chi connectivity index (χ0n) is 24.4. The summed E-state index contributed by atoms with van der Waals surface area (Å²) in [6, 6.07) is 8.86. The number of pyridine rings is 1. The van der Waals surface area contributed by atoms with Crippen LogP contribution in [0.4, 0.5) is 0 Å². The number of ketones is 1. The normalized spacial score (nSPS) is 19.8. The molecule has 42 heavy (non-hydrogen) atoms. The van der Waals surface area contributed by atoms with Crippen LogP contribution in [0.2, 0.25) is 0 Å². The maximum Gasteiger partial charge on any atom is 0.342 e. The number of hydrogen-bond donors (Lipinski definition) is 0. The van der Waals surface area contributed by atoms with E-state index in [1.807, 2.05) is 18.2 Å². The molecule has 0 N–H and O–H groups in total. The highest BCUT2D eigenvalue weighted by molar-refractivity contribution is 5.99. The number of allylic oxidation sites excluding steroid dienone is 1. The first-order valence-corrected chi connectivity index (χ1v) is 14.2. The van der Waals surface area contributed by atoms with Gasteiger partial charge in [0.1, 0.15) is 28.6 Å². The van der Waals surface area contributed by atoms with Crippen molar-refractivity contribution in [1.82, 2.24) is 4.57 Å². The van der Waals surface area contributed by atoms with Crippen molar-refractivity contribution in [3.8, 4) is 17.2 Å². The van der Waals surface area contributed by atoms with Gasteiger partial charge in [-0.2, -0.15) is 0 Å². The zero-order valence-corrected chi connectivity index (χ0v) is 24.4. The Morgan fingerprint density at radius 3 is 2.52 bits per heavy atom. The maximum atomic E-state index is 13.7. The SMILES string of the molecule is COc1ccc2cc([C@H]3CC(=O)Oc4cc5c(c(OC)c43)C(=O)O[C@H](C)CCCC(=O)CCCC=C5)c(=O)n(C)c2c1. The van der Waals surface area contributed by atoms with Crippen LogP contribution in [0.15, 0.2) is 41.2 Å². The van der Waals surface area contributed by atoms with Gasteiger partial charge in [-0.05, 0) is 67.8 Å². The van der Waals surface area contributed by atoms with Gasteiger partial charge in [-0.25, -0.2) is 4.79 Å². The van der Waals surface area contributed by atoms with E-state index in [0.29, 0.717) is 66.5 Å². The van der Waals surface area contributed by atoms with E-state index in [2.05, 4.69) is 0 Å². The van der Waals surface area contributed by atoms with E-state index in [1.54, 1.807) is 45.4 Å². The molecule has 5 rings (SSSR count). The standard InChI is InChI=1S/C33H35NO8/c1-19-9-8-12-22(35)11-7-5-6-10-21-16-27-30(31(40-4)29(21)33(38)41-19)24(18-28(36)42-27)25-15-20-13-14-23(39-3)17-26(20)34(2)32(25)37/h6,10,13-17,19,24H,5,7-9,11-12,18H2,1-4H3/t19-,24-/m1/s1. The fraction of sp³-hybridized carbons (Fsp3) is 0.394. The van der Waals surface area contributed by atoms with Crippen molar-refractivity contribution < 1.29 is 33.3 Å². The first-order chi connectivity index (χ1) is 20.2. The summed E-state index contributed by atoms with van der Waals surface area (Å²) in [5, 5.41) is 0.792. The lowest BCUT2D eigenvalue weighted by Crippen LogP contribution is -2.29. The van der Waals surface area contributed by atoms with Crippen LogP contribution in [0.3, 0.4) is 0 Å². The van der Waals surface area contributed by atoms with Gasteiger partial charge < -0.3 is 23.5 Å². The molecule has 2 aliphatic heterocycles. The summed E-state index contributed by atoms with van der Waals surface area (Å²) in [7, 11) is 4.69. The van der Waals surface area contributed by atoms with E-state index in [4.69, 9.17) is 18.9 Å². The molecule has 9 nitrogen and oxygen atoms in total. The van der Waals surface area contributed by atoms with E-state index in [9.17, 15) is 19.2 Å². The van der Waals surface area contributed by atoms with E-state index in [0.717, 1.165) is 5.39 Å². The Morgan fingerprint density at radius 1 is 0.976 bits per heavy atom. The molecule has 2 atom stereocenters. The quantitative estimate of drug-likeness (QED) is 0.299. The van der Waals surface area contributed by atoms with Crippen LogP contribution in [-0.4, -0.2) is 42.6 Å². The second-order valence-corrected chi connectivity index (χ2v) is 10.8. The van der Waals surface area contributed by atoms with Crippen LogP contribution < -0.4 is 19.8 Å². The van der Waals surface area contributed by atoms with E-state index in [1.165, 1.54) is 11.7 Å². The van der Waals surface area contributed by atoms with E-state index < -0.39 is 24.0 Å². The molecule has 0 bridgehead atoms. The maximum absolute atomic E-state index is 13.7. The third-order valence-corrected chi connectivity index (χ3v) is 8.00. The van der Waals surface area contributed by atoms with Crippen LogP contribution in [-0.2, 0) is 21.4 Å². The molecule has 0 unspecified atom stereocenters. The Hall–Kier alpha value is -4.40. The third-order valence-electron chi connectivity index (χ3n) is 8.00. The average Bonchev–Trinajstić information content (AvgIpc) is 2.96. The summed E-state index contributed by atoms with van der Waals surface area (Å²) in [5.41, 5.74) is 1.91. The van der Waals surface area contributed by atoms with Crippen molar-refractivity contribution in [1.29, 1.82) is 0 Å². The Kier molecular flexibility index (Phi) is 8.47. The monoisotopic (exact) mass is 573 g/mol. The molecule has 2 aromatic carbocycles. The fourth-order valence-corrected chi connectivity index (χ4v) is 5.82. The molecule has 0 aliphatic carbocycles. The summed E-state index contributed by atoms with van der Waals surface area (Å²) >= 11 is 0. The molecule has 0 saturated heterocycles. The number of ether oxygens (including phenoxy) is 4. The lowest BCUT2D eigenvalue weighted by Gasteiger charge is -2.29. The van der Waals surface area contributed by atoms with Crippen LogP contribution in [0.5, 0.6) is 17.2 Å². The number of fused-ring (bicyclic) bond motifs is 3. The number of carbonyl (C=O) groups excluding carboxylic acids is 3. The van der Waals surface area contributed by atoms with Crippen molar-refractivity contribution in [2.24, 2.45) is 7.05 Å². The number of rotatable bonds is 3. The van der Waals surface area contributed by atoms with Crippen LogP contribution >= 0.6 is 0 Å². The van der Waals surface area contributed by atoms with Crippen molar-refractivity contribution in [3.63, 3.8) is 0 Å². The number of carbonyl (C=O) groups is 3. The van der Waals surface area contributed by atoms with Crippen molar-refractivity contribution in [3.05, 3.63) is 69.0 Å². The smallest absolute Gasteiger partial charge is 0.342 e. The molecule has 0 fully saturated rings. The van der Waals surface area contributed by atoms with Crippen molar-refractivity contribution in [2.45, 2.75) is 63.9 Å². The van der Waals surface area contributed by atoms with Gasteiger partial charge in [0.2, 0.25) is 0 Å². The molecule has 0 amide bonds. The average molecular weight is 574 g/mol. The second-order valence-electron chi connectivity index (χ2n) is 10.8. The van der Waals surface area contributed by atoms with Crippen molar-refractivity contribution >= 4 is 34.7 Å². The molecular formula is C33H35NO8. The topological polar surface area (TPSA) is 110 Å².